The predicted octanol–water partition coefficient (Wildman–Crippen LogP) is 2.11. The number of hydrogen-bond acceptors (Lipinski definition) is 3. The minimum Gasteiger partial charge on any atom is -0.334 e. The Labute approximate surface area is 112 Å². The van der Waals surface area contributed by atoms with Crippen molar-refractivity contribution in [1.29, 1.82) is 0 Å². The maximum Gasteiger partial charge on any atom is 0.220 e. The average Bonchev–Trinajstić information content (AvgIpc) is 2.87. The van der Waals surface area contributed by atoms with Gasteiger partial charge in [-0.3, -0.25) is 9.20 Å². The minimum atomic E-state index is 0.116. The number of carbonyl (C=O) groups is 1. The summed E-state index contributed by atoms with van der Waals surface area (Å²) in [7, 11) is 0. The Hall–Kier alpha value is -1.91. The number of carbonyl (C=O) groups excluding carboxylic acids is 1. The van der Waals surface area contributed by atoms with Gasteiger partial charge in [-0.1, -0.05) is 0 Å². The molecule has 5 nitrogen and oxygen atoms in total. The number of fused-ring (bicyclic) bond motifs is 1. The molecule has 3 heterocycles. The summed E-state index contributed by atoms with van der Waals surface area (Å²) in [6.45, 7) is 4.45. The van der Waals surface area contributed by atoms with E-state index in [1.54, 1.807) is 13.3 Å². The molecule has 0 radical (unpaired) electrons. The average molecular weight is 258 g/mol. The number of aromatic nitrogens is 3. The summed E-state index contributed by atoms with van der Waals surface area (Å²) in [5.41, 5.74) is 2.02. The number of amides is 1. The lowest BCUT2D eigenvalue weighted by molar-refractivity contribution is -0.132. The van der Waals surface area contributed by atoms with Crippen LogP contribution in [0.2, 0.25) is 0 Å². The molecule has 2 aromatic rings. The van der Waals surface area contributed by atoms with Crippen LogP contribution in [0.4, 0.5) is 0 Å². The van der Waals surface area contributed by atoms with E-state index in [9.17, 15) is 4.79 Å². The highest BCUT2D eigenvalue weighted by molar-refractivity contribution is 5.74. The number of rotatable bonds is 1. The molecular formula is C14H18N4O. The van der Waals surface area contributed by atoms with E-state index in [0.717, 1.165) is 42.8 Å². The highest BCUT2D eigenvalue weighted by atomic mass is 16.2. The van der Waals surface area contributed by atoms with E-state index in [0.29, 0.717) is 0 Å². The second-order valence-electron chi connectivity index (χ2n) is 5.14. The van der Waals surface area contributed by atoms with Gasteiger partial charge in [0.2, 0.25) is 5.91 Å². The van der Waals surface area contributed by atoms with E-state index in [-0.39, 0.29) is 11.9 Å². The number of likely N-dealkylation sites (tertiary alicyclic amines) is 1. The van der Waals surface area contributed by atoms with Gasteiger partial charge in [-0.15, -0.1) is 0 Å². The van der Waals surface area contributed by atoms with E-state index in [4.69, 9.17) is 0 Å². The Morgan fingerprint density at radius 2 is 2.26 bits per heavy atom. The van der Waals surface area contributed by atoms with Gasteiger partial charge in [0.05, 0.1) is 23.4 Å². The van der Waals surface area contributed by atoms with Crippen LogP contribution in [-0.2, 0) is 4.79 Å². The minimum absolute atomic E-state index is 0.116. The number of nitrogens with zero attached hydrogens (tertiary/aromatic N) is 4. The topological polar surface area (TPSA) is 50.5 Å². The third kappa shape index (κ3) is 2.09. The molecule has 2 aromatic heterocycles. The summed E-state index contributed by atoms with van der Waals surface area (Å²) in [5, 5.41) is 0. The van der Waals surface area contributed by atoms with Crippen LogP contribution in [0.5, 0.6) is 0 Å². The van der Waals surface area contributed by atoms with Crippen molar-refractivity contribution in [3.63, 3.8) is 0 Å². The molecule has 1 fully saturated rings. The number of aryl methyl sites for hydroxylation is 1. The fraction of sp³-hybridized carbons (Fsp3) is 0.500. The van der Waals surface area contributed by atoms with Crippen molar-refractivity contribution in [3.05, 3.63) is 30.1 Å². The van der Waals surface area contributed by atoms with Crippen molar-refractivity contribution in [2.75, 3.05) is 6.54 Å². The third-order valence-corrected chi connectivity index (χ3v) is 3.85. The molecule has 1 amide bonds. The fourth-order valence-corrected chi connectivity index (χ4v) is 2.89. The summed E-state index contributed by atoms with van der Waals surface area (Å²) in [6, 6.07) is 2.16. The van der Waals surface area contributed by atoms with Gasteiger partial charge in [-0.25, -0.2) is 9.97 Å². The van der Waals surface area contributed by atoms with Crippen LogP contribution in [0, 0.1) is 6.92 Å². The second kappa shape index (κ2) is 4.64. The molecule has 0 aliphatic carbocycles. The quantitative estimate of drug-likeness (QED) is 0.787. The Morgan fingerprint density at radius 1 is 1.42 bits per heavy atom. The predicted molar refractivity (Wildman–Crippen MR) is 71.7 cm³/mol. The SMILES string of the molecule is CC(=O)N1CCCC[C@H]1c1cc2cncn2c(C)n1. The molecule has 0 bridgehead atoms. The summed E-state index contributed by atoms with van der Waals surface area (Å²) in [6.07, 6.45) is 6.84. The molecule has 5 heteroatoms. The maximum atomic E-state index is 11.8. The van der Waals surface area contributed by atoms with Gasteiger partial charge in [0.1, 0.15) is 12.2 Å². The van der Waals surface area contributed by atoms with Crippen LogP contribution in [0.15, 0.2) is 18.6 Å². The molecule has 0 saturated carbocycles. The first-order valence-corrected chi connectivity index (χ1v) is 6.73. The molecule has 100 valence electrons. The van der Waals surface area contributed by atoms with E-state index in [1.165, 1.54) is 0 Å². The van der Waals surface area contributed by atoms with Crippen molar-refractivity contribution >= 4 is 11.4 Å². The van der Waals surface area contributed by atoms with Crippen LogP contribution < -0.4 is 0 Å². The third-order valence-electron chi connectivity index (χ3n) is 3.85. The highest BCUT2D eigenvalue weighted by Crippen LogP contribution is 2.30. The Morgan fingerprint density at radius 3 is 3.05 bits per heavy atom. The molecular weight excluding hydrogens is 240 g/mol. The van der Waals surface area contributed by atoms with Gasteiger partial charge >= 0.3 is 0 Å². The summed E-state index contributed by atoms with van der Waals surface area (Å²) in [5.74, 6) is 1.05. The van der Waals surface area contributed by atoms with Crippen LogP contribution in [0.3, 0.4) is 0 Å². The first-order chi connectivity index (χ1) is 9.16. The van der Waals surface area contributed by atoms with Gasteiger partial charge in [0, 0.05) is 13.5 Å². The summed E-state index contributed by atoms with van der Waals surface area (Å²) < 4.78 is 1.96. The molecule has 0 N–H and O–H groups in total. The zero-order valence-electron chi connectivity index (χ0n) is 11.3. The summed E-state index contributed by atoms with van der Waals surface area (Å²) in [4.78, 5) is 22.5. The number of imidazole rings is 1. The van der Waals surface area contributed by atoms with Crippen LogP contribution >= 0.6 is 0 Å². The van der Waals surface area contributed by atoms with E-state index in [2.05, 4.69) is 9.97 Å². The monoisotopic (exact) mass is 258 g/mol. The first kappa shape index (κ1) is 12.1. The first-order valence-electron chi connectivity index (χ1n) is 6.73. The molecule has 1 aliphatic rings. The van der Waals surface area contributed by atoms with Crippen molar-refractivity contribution in [1.82, 2.24) is 19.3 Å². The van der Waals surface area contributed by atoms with Gasteiger partial charge in [-0.05, 0) is 32.3 Å². The zero-order valence-corrected chi connectivity index (χ0v) is 11.3. The van der Waals surface area contributed by atoms with Gasteiger partial charge in [-0.2, -0.15) is 0 Å². The molecule has 1 saturated heterocycles. The molecule has 0 spiro atoms. The number of piperidine rings is 1. The second-order valence-corrected chi connectivity index (χ2v) is 5.14. The Kier molecular flexibility index (Phi) is 2.97. The molecule has 0 aromatic carbocycles. The van der Waals surface area contributed by atoms with E-state index in [1.807, 2.05) is 28.5 Å². The van der Waals surface area contributed by atoms with Crippen molar-refractivity contribution in [2.45, 2.75) is 39.2 Å². The lowest BCUT2D eigenvalue weighted by Gasteiger charge is -2.34. The zero-order chi connectivity index (χ0) is 13.4. The summed E-state index contributed by atoms with van der Waals surface area (Å²) >= 11 is 0. The molecule has 1 aliphatic heterocycles. The molecule has 0 unspecified atom stereocenters. The lowest BCUT2D eigenvalue weighted by Crippen LogP contribution is -2.37. The standard InChI is InChI=1S/C14H18N4O/c1-10-16-13(7-12-8-15-9-18(10)12)14-5-3-4-6-17(14)11(2)19/h7-9,14H,3-6H2,1-2H3/t14-/m0/s1. The smallest absolute Gasteiger partial charge is 0.220 e. The normalized spacial score (nSPS) is 19.9. The maximum absolute atomic E-state index is 11.8. The molecule has 19 heavy (non-hydrogen) atoms. The van der Waals surface area contributed by atoms with Crippen LogP contribution in [0.25, 0.3) is 5.52 Å². The highest BCUT2D eigenvalue weighted by Gasteiger charge is 2.27. The van der Waals surface area contributed by atoms with Gasteiger partial charge < -0.3 is 4.90 Å². The van der Waals surface area contributed by atoms with Crippen LogP contribution in [-0.4, -0.2) is 31.7 Å². The lowest BCUT2D eigenvalue weighted by atomic mass is 9.99. The van der Waals surface area contributed by atoms with Crippen molar-refractivity contribution in [2.24, 2.45) is 0 Å². The van der Waals surface area contributed by atoms with Crippen LogP contribution in [0.1, 0.15) is 43.7 Å². The largest absolute Gasteiger partial charge is 0.334 e. The number of hydrogen-bond donors (Lipinski definition) is 0. The molecule has 3 rings (SSSR count). The fourth-order valence-electron chi connectivity index (χ4n) is 2.89. The molecule has 1 atom stereocenters. The van der Waals surface area contributed by atoms with Gasteiger partial charge in [0.25, 0.3) is 0 Å². The van der Waals surface area contributed by atoms with Gasteiger partial charge in [0.15, 0.2) is 0 Å². The Bertz CT molecular complexity index is 619. The van der Waals surface area contributed by atoms with Crippen molar-refractivity contribution < 1.29 is 4.79 Å². The van der Waals surface area contributed by atoms with E-state index < -0.39 is 0 Å². The Balaban J connectivity index is 2.04. The van der Waals surface area contributed by atoms with Crippen molar-refractivity contribution in [3.8, 4) is 0 Å². The van der Waals surface area contributed by atoms with E-state index >= 15 is 0 Å².